The summed E-state index contributed by atoms with van der Waals surface area (Å²) in [5, 5.41) is 8.81. The van der Waals surface area contributed by atoms with E-state index >= 15 is 0 Å². The van der Waals surface area contributed by atoms with Crippen LogP contribution in [-0.2, 0) is 13.0 Å². The highest BCUT2D eigenvalue weighted by molar-refractivity contribution is 5.43. The van der Waals surface area contributed by atoms with Crippen molar-refractivity contribution in [2.45, 2.75) is 59.5 Å². The SMILES string of the molecule is CCc1cc(N2CCn3c(C(C)C)nnc3[C@@H]2C)nc(C)n1. The molecular weight excluding hydrogens is 276 g/mol. The fourth-order valence-corrected chi connectivity index (χ4v) is 3.09. The Bertz CT molecular complexity index is 675. The highest BCUT2D eigenvalue weighted by Gasteiger charge is 2.29. The maximum absolute atomic E-state index is 4.63. The first-order valence-corrected chi connectivity index (χ1v) is 8.05. The molecule has 0 radical (unpaired) electrons. The van der Waals surface area contributed by atoms with Crippen molar-refractivity contribution in [3.8, 4) is 0 Å². The van der Waals surface area contributed by atoms with Crippen molar-refractivity contribution in [2.24, 2.45) is 0 Å². The summed E-state index contributed by atoms with van der Waals surface area (Å²) in [4.78, 5) is 11.4. The molecule has 118 valence electrons. The molecule has 22 heavy (non-hydrogen) atoms. The average Bonchev–Trinajstić information content (AvgIpc) is 2.92. The molecule has 6 nitrogen and oxygen atoms in total. The smallest absolute Gasteiger partial charge is 0.155 e. The van der Waals surface area contributed by atoms with Gasteiger partial charge in [0.1, 0.15) is 17.5 Å². The number of rotatable bonds is 3. The molecule has 0 aliphatic carbocycles. The molecule has 2 aromatic heterocycles. The summed E-state index contributed by atoms with van der Waals surface area (Å²) in [7, 11) is 0. The topological polar surface area (TPSA) is 59.7 Å². The molecule has 1 aliphatic heterocycles. The molecule has 3 rings (SSSR count). The Labute approximate surface area is 131 Å². The minimum absolute atomic E-state index is 0.174. The summed E-state index contributed by atoms with van der Waals surface area (Å²) in [5.74, 6) is 4.33. The van der Waals surface area contributed by atoms with E-state index in [-0.39, 0.29) is 6.04 Å². The number of aromatic nitrogens is 5. The maximum Gasteiger partial charge on any atom is 0.155 e. The third kappa shape index (κ3) is 2.46. The lowest BCUT2D eigenvalue weighted by Crippen LogP contribution is -2.38. The van der Waals surface area contributed by atoms with Crippen LogP contribution in [0.15, 0.2) is 6.07 Å². The van der Waals surface area contributed by atoms with Crippen LogP contribution in [0.25, 0.3) is 0 Å². The molecule has 3 heterocycles. The van der Waals surface area contributed by atoms with Crippen molar-refractivity contribution in [1.82, 2.24) is 24.7 Å². The molecule has 1 atom stereocenters. The predicted molar refractivity (Wildman–Crippen MR) is 86.0 cm³/mol. The molecule has 0 spiro atoms. The molecule has 0 N–H and O–H groups in total. The van der Waals surface area contributed by atoms with E-state index in [1.54, 1.807) is 0 Å². The highest BCUT2D eigenvalue weighted by atomic mass is 15.4. The predicted octanol–water partition coefficient (Wildman–Crippen LogP) is 2.64. The zero-order chi connectivity index (χ0) is 15.9. The first kappa shape index (κ1) is 14.9. The van der Waals surface area contributed by atoms with Gasteiger partial charge in [-0.25, -0.2) is 9.97 Å². The summed E-state index contributed by atoms with van der Waals surface area (Å²) < 4.78 is 2.26. The summed E-state index contributed by atoms with van der Waals surface area (Å²) in [6.45, 7) is 12.4. The Hall–Kier alpha value is -1.98. The normalized spacial score (nSPS) is 17.9. The number of hydrogen-bond donors (Lipinski definition) is 0. The zero-order valence-corrected chi connectivity index (χ0v) is 14.0. The van der Waals surface area contributed by atoms with Gasteiger partial charge < -0.3 is 9.47 Å². The third-order valence-corrected chi connectivity index (χ3v) is 4.26. The summed E-state index contributed by atoms with van der Waals surface area (Å²) >= 11 is 0. The van der Waals surface area contributed by atoms with Gasteiger partial charge in [-0.05, 0) is 20.3 Å². The van der Waals surface area contributed by atoms with Crippen LogP contribution >= 0.6 is 0 Å². The van der Waals surface area contributed by atoms with Crippen molar-refractivity contribution in [3.63, 3.8) is 0 Å². The van der Waals surface area contributed by atoms with E-state index in [1.807, 2.05) is 6.92 Å². The monoisotopic (exact) mass is 300 g/mol. The van der Waals surface area contributed by atoms with Crippen molar-refractivity contribution in [2.75, 3.05) is 11.4 Å². The fraction of sp³-hybridized carbons (Fsp3) is 0.625. The van der Waals surface area contributed by atoms with Gasteiger partial charge in [0.05, 0.1) is 6.04 Å². The van der Waals surface area contributed by atoms with Crippen LogP contribution in [-0.4, -0.2) is 31.3 Å². The van der Waals surface area contributed by atoms with Crippen LogP contribution < -0.4 is 4.90 Å². The first-order chi connectivity index (χ1) is 10.5. The second kappa shape index (κ2) is 5.66. The molecule has 0 fully saturated rings. The average molecular weight is 300 g/mol. The van der Waals surface area contributed by atoms with Gasteiger partial charge in [0.25, 0.3) is 0 Å². The molecule has 0 aromatic carbocycles. The Balaban J connectivity index is 1.96. The number of fused-ring (bicyclic) bond motifs is 1. The molecule has 0 bridgehead atoms. The van der Waals surface area contributed by atoms with Crippen LogP contribution in [0.1, 0.15) is 62.8 Å². The first-order valence-electron chi connectivity index (χ1n) is 8.05. The minimum atomic E-state index is 0.174. The van der Waals surface area contributed by atoms with Crippen LogP contribution in [0.4, 0.5) is 5.82 Å². The van der Waals surface area contributed by atoms with E-state index in [4.69, 9.17) is 0 Å². The molecular formula is C16H24N6. The number of nitrogens with zero attached hydrogens (tertiary/aromatic N) is 6. The van der Waals surface area contributed by atoms with Crippen molar-refractivity contribution >= 4 is 5.82 Å². The fourth-order valence-electron chi connectivity index (χ4n) is 3.09. The van der Waals surface area contributed by atoms with Crippen molar-refractivity contribution in [1.29, 1.82) is 0 Å². The minimum Gasteiger partial charge on any atom is -0.345 e. The van der Waals surface area contributed by atoms with Crippen LogP contribution in [0.3, 0.4) is 0 Å². The van der Waals surface area contributed by atoms with Crippen molar-refractivity contribution in [3.05, 3.63) is 29.2 Å². The molecule has 1 aliphatic rings. The number of aryl methyl sites for hydroxylation is 2. The second-order valence-electron chi connectivity index (χ2n) is 6.21. The lowest BCUT2D eigenvalue weighted by atomic mass is 10.1. The van der Waals surface area contributed by atoms with Crippen LogP contribution in [0.2, 0.25) is 0 Å². The Morgan fingerprint density at radius 2 is 2.00 bits per heavy atom. The molecule has 6 heteroatoms. The summed E-state index contributed by atoms with van der Waals surface area (Å²) in [6.07, 6.45) is 0.923. The van der Waals surface area contributed by atoms with Gasteiger partial charge in [0, 0.05) is 30.8 Å². The number of hydrogen-bond acceptors (Lipinski definition) is 5. The van der Waals surface area contributed by atoms with Gasteiger partial charge in [-0.3, -0.25) is 0 Å². The van der Waals surface area contributed by atoms with E-state index in [2.05, 4.69) is 63.4 Å². The molecule has 0 saturated heterocycles. The Kier molecular flexibility index (Phi) is 3.85. The van der Waals surface area contributed by atoms with Crippen molar-refractivity contribution < 1.29 is 0 Å². The van der Waals surface area contributed by atoms with Gasteiger partial charge in [-0.15, -0.1) is 10.2 Å². The largest absolute Gasteiger partial charge is 0.345 e. The van der Waals surface area contributed by atoms with Gasteiger partial charge in [0.2, 0.25) is 0 Å². The van der Waals surface area contributed by atoms with Crippen LogP contribution in [0.5, 0.6) is 0 Å². The molecule has 0 amide bonds. The van der Waals surface area contributed by atoms with E-state index in [9.17, 15) is 0 Å². The van der Waals surface area contributed by atoms with Crippen LogP contribution in [0, 0.1) is 6.92 Å². The van der Waals surface area contributed by atoms with Gasteiger partial charge >= 0.3 is 0 Å². The van der Waals surface area contributed by atoms with E-state index in [0.717, 1.165) is 48.5 Å². The zero-order valence-electron chi connectivity index (χ0n) is 14.0. The van der Waals surface area contributed by atoms with E-state index in [1.165, 1.54) is 0 Å². The lowest BCUT2D eigenvalue weighted by molar-refractivity contribution is 0.476. The standard InChI is InChI=1S/C16H24N6/c1-6-13-9-14(18-12(5)17-13)21-7-8-22-15(10(2)3)19-20-16(22)11(21)4/h9-11H,6-8H2,1-5H3/t11-/m0/s1. The van der Waals surface area contributed by atoms with E-state index in [0.29, 0.717) is 5.92 Å². The summed E-state index contributed by atoms with van der Waals surface area (Å²) in [5.41, 5.74) is 1.09. The van der Waals surface area contributed by atoms with Gasteiger partial charge in [0.15, 0.2) is 5.82 Å². The van der Waals surface area contributed by atoms with Gasteiger partial charge in [-0.1, -0.05) is 20.8 Å². The molecule has 0 saturated carbocycles. The third-order valence-electron chi connectivity index (χ3n) is 4.26. The summed E-state index contributed by atoms with van der Waals surface area (Å²) in [6, 6.07) is 2.27. The maximum atomic E-state index is 4.63. The highest BCUT2D eigenvalue weighted by Crippen LogP contribution is 2.30. The quantitative estimate of drug-likeness (QED) is 0.872. The Morgan fingerprint density at radius 1 is 1.23 bits per heavy atom. The Morgan fingerprint density at radius 3 is 2.68 bits per heavy atom. The van der Waals surface area contributed by atoms with Gasteiger partial charge in [-0.2, -0.15) is 0 Å². The molecule has 0 unspecified atom stereocenters. The van der Waals surface area contributed by atoms with E-state index < -0.39 is 0 Å². The lowest BCUT2D eigenvalue weighted by Gasteiger charge is -2.35. The number of anilines is 1. The second-order valence-corrected chi connectivity index (χ2v) is 6.21. The molecule has 2 aromatic rings.